The van der Waals surface area contributed by atoms with Crippen LogP contribution in [0.4, 0.5) is 0 Å². The third kappa shape index (κ3) is 33.9. The number of aliphatic carboxylic acids is 2. The molecule has 0 fully saturated rings. The molecule has 0 spiro atoms. The SMILES string of the molecule is CCCCCCCCCCCC(=O)O.CCCCCCCCCCCC(=O)O.Oc1cccc(O)c1. The van der Waals surface area contributed by atoms with Gasteiger partial charge in [-0.3, -0.25) is 9.59 Å². The van der Waals surface area contributed by atoms with Crippen molar-refractivity contribution in [1.29, 1.82) is 0 Å². The molecule has 1 rings (SSSR count). The van der Waals surface area contributed by atoms with Gasteiger partial charge in [0.1, 0.15) is 11.5 Å². The monoisotopic (exact) mass is 510 g/mol. The highest BCUT2D eigenvalue weighted by Gasteiger charge is 1.97. The highest BCUT2D eigenvalue weighted by molar-refractivity contribution is 5.66. The van der Waals surface area contributed by atoms with Crippen molar-refractivity contribution in [3.8, 4) is 11.5 Å². The zero-order valence-electron chi connectivity index (χ0n) is 23.1. The first-order valence-corrected chi connectivity index (χ1v) is 14.2. The Bertz CT molecular complexity index is 568. The van der Waals surface area contributed by atoms with Gasteiger partial charge in [0, 0.05) is 18.9 Å². The zero-order chi connectivity index (χ0) is 27.3. The summed E-state index contributed by atoms with van der Waals surface area (Å²) in [5, 5.41) is 34.1. The van der Waals surface area contributed by atoms with Crippen molar-refractivity contribution in [1.82, 2.24) is 0 Å². The van der Waals surface area contributed by atoms with Crippen molar-refractivity contribution in [3.05, 3.63) is 24.3 Å². The summed E-state index contributed by atoms with van der Waals surface area (Å²) >= 11 is 0. The van der Waals surface area contributed by atoms with Crippen LogP contribution in [0.15, 0.2) is 24.3 Å². The Hall–Kier alpha value is -2.24. The summed E-state index contributed by atoms with van der Waals surface area (Å²) in [6.07, 6.45) is 23.0. The molecule has 0 heterocycles. The van der Waals surface area contributed by atoms with Gasteiger partial charge in [-0.15, -0.1) is 0 Å². The van der Waals surface area contributed by atoms with Crippen LogP contribution < -0.4 is 0 Å². The molecule has 0 atom stereocenters. The number of benzene rings is 1. The highest BCUT2D eigenvalue weighted by atomic mass is 16.4. The molecule has 6 nitrogen and oxygen atoms in total. The molecule has 0 bridgehead atoms. The number of carbonyl (C=O) groups is 2. The maximum Gasteiger partial charge on any atom is 0.303 e. The van der Waals surface area contributed by atoms with E-state index in [1.165, 1.54) is 108 Å². The Kier molecular flexibility index (Phi) is 28.9. The minimum Gasteiger partial charge on any atom is -0.508 e. The van der Waals surface area contributed by atoms with Gasteiger partial charge in [-0.2, -0.15) is 0 Å². The largest absolute Gasteiger partial charge is 0.508 e. The molecule has 1 aromatic rings. The van der Waals surface area contributed by atoms with E-state index in [4.69, 9.17) is 20.4 Å². The van der Waals surface area contributed by atoms with Gasteiger partial charge in [0.05, 0.1) is 0 Å². The van der Waals surface area contributed by atoms with Gasteiger partial charge in [-0.25, -0.2) is 0 Å². The van der Waals surface area contributed by atoms with Crippen molar-refractivity contribution in [3.63, 3.8) is 0 Å². The van der Waals surface area contributed by atoms with Gasteiger partial charge in [-0.1, -0.05) is 123 Å². The van der Waals surface area contributed by atoms with Crippen molar-refractivity contribution < 1.29 is 30.0 Å². The summed E-state index contributed by atoms with van der Waals surface area (Å²) in [5.74, 6) is -1.14. The lowest BCUT2D eigenvalue weighted by atomic mass is 10.1. The molecule has 0 saturated heterocycles. The van der Waals surface area contributed by atoms with Crippen molar-refractivity contribution in [2.45, 2.75) is 142 Å². The molecule has 210 valence electrons. The lowest BCUT2D eigenvalue weighted by molar-refractivity contribution is -0.138. The van der Waals surface area contributed by atoms with Crippen LogP contribution in [0.2, 0.25) is 0 Å². The van der Waals surface area contributed by atoms with Crippen LogP contribution in [-0.2, 0) is 9.59 Å². The smallest absolute Gasteiger partial charge is 0.303 e. The van der Waals surface area contributed by atoms with E-state index in [2.05, 4.69) is 13.8 Å². The maximum absolute atomic E-state index is 10.2. The molecule has 0 unspecified atom stereocenters. The molecule has 0 radical (unpaired) electrons. The van der Waals surface area contributed by atoms with Crippen LogP contribution in [0.25, 0.3) is 0 Å². The van der Waals surface area contributed by atoms with E-state index in [1.54, 1.807) is 6.07 Å². The molecule has 0 aliphatic heterocycles. The maximum atomic E-state index is 10.2. The summed E-state index contributed by atoms with van der Waals surface area (Å²) in [5.41, 5.74) is 0. The molecule has 0 aliphatic carbocycles. The fourth-order valence-electron chi connectivity index (χ4n) is 3.67. The first-order valence-electron chi connectivity index (χ1n) is 14.2. The lowest BCUT2D eigenvalue weighted by Crippen LogP contribution is -1.93. The molecule has 0 aliphatic rings. The number of aromatic hydroxyl groups is 2. The summed E-state index contributed by atoms with van der Waals surface area (Å²) in [7, 11) is 0. The first-order chi connectivity index (χ1) is 17.3. The number of unbranched alkanes of at least 4 members (excludes halogenated alkanes) is 16. The molecular weight excluding hydrogens is 456 g/mol. The van der Waals surface area contributed by atoms with E-state index in [0.29, 0.717) is 12.8 Å². The third-order valence-electron chi connectivity index (χ3n) is 5.82. The second-order valence-corrected chi connectivity index (χ2v) is 9.46. The Balaban J connectivity index is 0. The van der Waals surface area contributed by atoms with Crippen LogP contribution in [0.1, 0.15) is 142 Å². The quantitative estimate of drug-likeness (QED) is 0.130. The van der Waals surface area contributed by atoms with Gasteiger partial charge < -0.3 is 20.4 Å². The number of phenols is 2. The van der Waals surface area contributed by atoms with Crippen molar-refractivity contribution >= 4 is 11.9 Å². The van der Waals surface area contributed by atoms with Crippen LogP contribution in [-0.4, -0.2) is 32.4 Å². The number of rotatable bonds is 20. The molecule has 4 N–H and O–H groups in total. The average Bonchev–Trinajstić information content (AvgIpc) is 2.82. The summed E-state index contributed by atoms with van der Waals surface area (Å²) < 4.78 is 0. The molecule has 0 aromatic heterocycles. The fraction of sp³-hybridized carbons (Fsp3) is 0.733. The summed E-state index contributed by atoms with van der Waals surface area (Å²) in [6, 6.07) is 5.85. The predicted octanol–water partition coefficient (Wildman–Crippen LogP) is 9.08. The first kappa shape index (κ1) is 35.9. The van der Waals surface area contributed by atoms with E-state index in [-0.39, 0.29) is 11.5 Å². The van der Waals surface area contributed by atoms with E-state index < -0.39 is 11.9 Å². The van der Waals surface area contributed by atoms with Crippen molar-refractivity contribution in [2.75, 3.05) is 0 Å². The van der Waals surface area contributed by atoms with Gasteiger partial charge in [0.15, 0.2) is 0 Å². The Morgan fingerprint density at radius 2 is 0.806 bits per heavy atom. The van der Waals surface area contributed by atoms with Gasteiger partial charge in [-0.05, 0) is 25.0 Å². The molecule has 0 amide bonds. The minimum atomic E-state index is -0.659. The Morgan fingerprint density at radius 3 is 1.03 bits per heavy atom. The van der Waals surface area contributed by atoms with E-state index in [9.17, 15) is 9.59 Å². The number of hydrogen-bond acceptors (Lipinski definition) is 4. The Labute approximate surface area is 220 Å². The van der Waals surface area contributed by atoms with Gasteiger partial charge >= 0.3 is 11.9 Å². The highest BCUT2D eigenvalue weighted by Crippen LogP contribution is 2.15. The van der Waals surface area contributed by atoms with E-state index >= 15 is 0 Å². The summed E-state index contributed by atoms with van der Waals surface area (Å²) in [6.45, 7) is 4.46. The molecule has 6 heteroatoms. The molecular formula is C30H54O6. The number of phenolic OH excluding ortho intramolecular Hbond substituents is 2. The number of carboxylic acids is 2. The van der Waals surface area contributed by atoms with E-state index in [0.717, 1.165) is 25.7 Å². The number of carboxylic acid groups (broad SMARTS) is 2. The van der Waals surface area contributed by atoms with Crippen LogP contribution in [0.3, 0.4) is 0 Å². The standard InChI is InChI=1S/2C12H24O2.C6H6O2/c2*1-2-3-4-5-6-7-8-9-10-11-12(13)14;7-5-2-1-3-6(8)4-5/h2*2-11H2,1H3,(H,13,14);1-4,7-8H. The van der Waals surface area contributed by atoms with Crippen LogP contribution in [0, 0.1) is 0 Å². The predicted molar refractivity (Wildman–Crippen MR) is 149 cm³/mol. The molecule has 0 saturated carbocycles. The fourth-order valence-corrected chi connectivity index (χ4v) is 3.67. The minimum absolute atomic E-state index is 0.0880. The van der Waals surface area contributed by atoms with Gasteiger partial charge in [0.25, 0.3) is 0 Å². The molecule has 1 aromatic carbocycles. The number of hydrogen-bond donors (Lipinski definition) is 4. The van der Waals surface area contributed by atoms with E-state index in [1.807, 2.05) is 0 Å². The van der Waals surface area contributed by atoms with Crippen LogP contribution >= 0.6 is 0 Å². The van der Waals surface area contributed by atoms with Gasteiger partial charge in [0.2, 0.25) is 0 Å². The molecule has 36 heavy (non-hydrogen) atoms. The Morgan fingerprint density at radius 1 is 0.528 bits per heavy atom. The van der Waals surface area contributed by atoms with Crippen LogP contribution in [0.5, 0.6) is 11.5 Å². The summed E-state index contributed by atoms with van der Waals surface area (Å²) in [4.78, 5) is 20.4. The third-order valence-corrected chi connectivity index (χ3v) is 5.82. The second-order valence-electron chi connectivity index (χ2n) is 9.46. The topological polar surface area (TPSA) is 115 Å². The second kappa shape index (κ2) is 29.0. The normalized spacial score (nSPS) is 10.1. The van der Waals surface area contributed by atoms with Crippen molar-refractivity contribution in [2.24, 2.45) is 0 Å². The lowest BCUT2D eigenvalue weighted by Gasteiger charge is -2.00. The average molecular weight is 511 g/mol. The zero-order valence-corrected chi connectivity index (χ0v) is 23.1.